The van der Waals surface area contributed by atoms with Gasteiger partial charge >= 0.3 is 60.1 Å². The summed E-state index contributed by atoms with van der Waals surface area (Å²) in [7, 11) is 0. The molecule has 5 heteroatoms. The van der Waals surface area contributed by atoms with Crippen molar-refractivity contribution in [1.29, 1.82) is 0 Å². The summed E-state index contributed by atoms with van der Waals surface area (Å²) in [6.07, 6.45) is 0. The number of carbonyl (C=O) groups is 1. The molecule has 1 N–H and O–H groups in total. The predicted molar refractivity (Wildman–Crippen MR) is 33.5 cm³/mol. The summed E-state index contributed by atoms with van der Waals surface area (Å²) in [5.41, 5.74) is 0. The molecule has 0 spiro atoms. The van der Waals surface area contributed by atoms with Crippen LogP contribution in [0.2, 0.25) is 0 Å². The van der Waals surface area contributed by atoms with Crippen molar-refractivity contribution in [2.45, 2.75) is 6.04 Å². The zero-order chi connectivity index (χ0) is 6.57. The van der Waals surface area contributed by atoms with Gasteiger partial charge < -0.3 is 0 Å². The first-order chi connectivity index (χ1) is 3.72. The third kappa shape index (κ3) is 2.45. The summed E-state index contributed by atoms with van der Waals surface area (Å²) in [6, 6.07) is -0.696. The van der Waals surface area contributed by atoms with Crippen molar-refractivity contribution in [3.05, 3.63) is 0 Å². The monoisotopic (exact) mass is 199 g/mol. The second-order valence-electron chi connectivity index (χ2n) is 1.14. The summed E-state index contributed by atoms with van der Waals surface area (Å²) in [5.74, 6) is -0.707. The van der Waals surface area contributed by atoms with E-state index in [-0.39, 0.29) is 5.75 Å². The van der Waals surface area contributed by atoms with E-state index in [0.717, 1.165) is 0 Å². The van der Waals surface area contributed by atoms with E-state index in [0.29, 0.717) is 0 Å². The maximum absolute atomic E-state index is 10.00. The normalized spacial score (nSPS) is 12.6. The van der Waals surface area contributed by atoms with Crippen LogP contribution in [-0.2, 0) is 4.79 Å². The van der Waals surface area contributed by atoms with Crippen LogP contribution in [0, 0.1) is 0 Å². The average Bonchev–Trinajstić information content (AvgIpc) is 1.69. The Morgan fingerprint density at radius 3 is 2.50 bits per heavy atom. The molecule has 0 amide bonds. The number of hydrogen-bond donors (Lipinski definition) is 2. The van der Waals surface area contributed by atoms with E-state index in [4.69, 9.17) is 5.11 Å². The number of hydrogen-bond acceptors (Lipinski definition) is 3. The Kier molecular flexibility index (Phi) is 4.13. The summed E-state index contributed by atoms with van der Waals surface area (Å²) in [4.78, 5) is 10.00. The average molecular weight is 198 g/mol. The van der Waals surface area contributed by atoms with Gasteiger partial charge in [-0.1, -0.05) is 0 Å². The van der Waals surface area contributed by atoms with Crippen LogP contribution in [0.25, 0.3) is 0 Å². The van der Waals surface area contributed by atoms with Gasteiger partial charge in [-0.15, -0.1) is 0 Å². The minimum absolute atomic E-state index is 0.238. The molecule has 0 radical (unpaired) electrons. The molecule has 0 aliphatic rings. The van der Waals surface area contributed by atoms with Gasteiger partial charge in [-0.2, -0.15) is 0 Å². The Balaban J connectivity index is 3.69. The fourth-order valence-electron chi connectivity index (χ4n) is 0.157. The summed E-state index contributed by atoms with van der Waals surface area (Å²) < 4.78 is 3.41. The van der Waals surface area contributed by atoms with E-state index in [1.807, 2.05) is 0 Å². The number of nitrogens with zero attached hydrogens (tertiary/aromatic N) is 1. The molecule has 0 aromatic rings. The predicted octanol–water partition coefficient (Wildman–Crippen LogP) is -0.279. The molecule has 0 fully saturated rings. The molecule has 0 saturated heterocycles. The molecule has 8 heavy (non-hydrogen) atoms. The second kappa shape index (κ2) is 4.06. The molecule has 0 rings (SSSR count). The number of thiol groups is 1. The Morgan fingerprint density at radius 1 is 2.00 bits per heavy atom. The molecule has 0 bridgehead atoms. The van der Waals surface area contributed by atoms with Crippen molar-refractivity contribution in [1.82, 2.24) is 0 Å². The van der Waals surface area contributed by atoms with Gasteiger partial charge in [0.1, 0.15) is 0 Å². The Bertz CT molecular complexity index is 107. The van der Waals surface area contributed by atoms with Crippen LogP contribution in [0.15, 0.2) is 3.96 Å². The van der Waals surface area contributed by atoms with Gasteiger partial charge in [0.15, 0.2) is 0 Å². The molecule has 0 aliphatic heterocycles. The fourth-order valence-corrected chi connectivity index (χ4v) is 0.988. The number of rotatable bonds is 3. The molecule has 0 aromatic heterocycles. The van der Waals surface area contributed by atoms with E-state index in [1.165, 1.54) is 0 Å². The van der Waals surface area contributed by atoms with Crippen molar-refractivity contribution in [3.63, 3.8) is 0 Å². The molecule has 0 unspecified atom stereocenters. The first-order valence-corrected chi connectivity index (χ1v) is 3.28. The van der Waals surface area contributed by atoms with Crippen molar-refractivity contribution in [2.75, 3.05) is 5.75 Å². The molecular formula is C3H5NO2SSe. The summed E-state index contributed by atoms with van der Waals surface area (Å²) in [5, 5.41) is 8.21. The zero-order valence-corrected chi connectivity index (χ0v) is 6.55. The second-order valence-corrected chi connectivity index (χ2v) is 1.95. The van der Waals surface area contributed by atoms with Gasteiger partial charge in [0.05, 0.1) is 0 Å². The Morgan fingerprint density at radius 2 is 2.50 bits per heavy atom. The van der Waals surface area contributed by atoms with Crippen molar-refractivity contribution >= 4 is 34.4 Å². The molecule has 1 atom stereocenters. The van der Waals surface area contributed by atoms with Crippen molar-refractivity contribution in [2.24, 2.45) is 3.96 Å². The van der Waals surface area contributed by atoms with Crippen LogP contribution in [0.4, 0.5) is 0 Å². The number of carboxylic acids is 1. The van der Waals surface area contributed by atoms with E-state index in [1.54, 1.807) is 0 Å². The minimum atomic E-state index is -0.946. The molecule has 0 aliphatic carbocycles. The van der Waals surface area contributed by atoms with Crippen LogP contribution < -0.4 is 0 Å². The van der Waals surface area contributed by atoms with Crippen molar-refractivity contribution in [3.8, 4) is 0 Å². The van der Waals surface area contributed by atoms with Gasteiger partial charge in [-0.3, -0.25) is 0 Å². The first-order valence-electron chi connectivity index (χ1n) is 1.88. The number of carboxylic acid groups (broad SMARTS) is 1. The van der Waals surface area contributed by atoms with Gasteiger partial charge in [-0.05, 0) is 0 Å². The number of aliphatic carboxylic acids is 1. The molecule has 0 saturated carbocycles. The summed E-state index contributed by atoms with van der Waals surface area (Å²) >= 11 is 6.01. The SMILES string of the molecule is O=C(O)[C@H](CS)N=[Se]. The quantitative estimate of drug-likeness (QED) is 0.484. The Hall–Kier alpha value is 0.139. The van der Waals surface area contributed by atoms with Crippen molar-refractivity contribution < 1.29 is 9.90 Å². The molecular weight excluding hydrogens is 193 g/mol. The molecule has 0 heterocycles. The molecule has 46 valence electrons. The van der Waals surface area contributed by atoms with Crippen LogP contribution in [0.1, 0.15) is 0 Å². The van der Waals surface area contributed by atoms with Crippen LogP contribution in [0.3, 0.4) is 0 Å². The van der Waals surface area contributed by atoms with E-state index in [2.05, 4.69) is 32.4 Å². The van der Waals surface area contributed by atoms with Crippen LogP contribution >= 0.6 is 12.6 Å². The van der Waals surface area contributed by atoms with Gasteiger partial charge in [0.2, 0.25) is 0 Å². The van der Waals surface area contributed by atoms with E-state index < -0.39 is 12.0 Å². The third-order valence-electron chi connectivity index (χ3n) is 0.585. The zero-order valence-electron chi connectivity index (χ0n) is 3.94. The third-order valence-corrected chi connectivity index (χ3v) is 1.47. The standard InChI is InChI=1S/C3H5NO2SSe/c5-3(6)2(1-7)4-8/h2,7H,1H2,(H,5,6)/t2-/m0/s1. The molecule has 3 nitrogen and oxygen atoms in total. The van der Waals surface area contributed by atoms with Gasteiger partial charge in [-0.25, -0.2) is 0 Å². The Labute approximate surface area is 60.5 Å². The maximum atomic E-state index is 10.00. The first kappa shape index (κ1) is 8.14. The topological polar surface area (TPSA) is 49.7 Å². The molecule has 0 aromatic carbocycles. The van der Waals surface area contributed by atoms with E-state index >= 15 is 0 Å². The van der Waals surface area contributed by atoms with Gasteiger partial charge in [0, 0.05) is 0 Å². The van der Waals surface area contributed by atoms with Crippen LogP contribution in [-0.4, -0.2) is 38.7 Å². The van der Waals surface area contributed by atoms with E-state index in [9.17, 15) is 4.79 Å². The van der Waals surface area contributed by atoms with Gasteiger partial charge in [0.25, 0.3) is 0 Å². The van der Waals surface area contributed by atoms with Crippen LogP contribution in [0.5, 0.6) is 0 Å². The fraction of sp³-hybridized carbons (Fsp3) is 0.667. The summed E-state index contributed by atoms with van der Waals surface area (Å²) in [6.45, 7) is 0.